The first kappa shape index (κ1) is 31.4. The summed E-state index contributed by atoms with van der Waals surface area (Å²) in [5.41, 5.74) is 4.50. The van der Waals surface area contributed by atoms with E-state index in [1.54, 1.807) is 35.6 Å². The Kier molecular flexibility index (Phi) is 11.6. The van der Waals surface area contributed by atoms with Crippen molar-refractivity contribution in [1.82, 2.24) is 0 Å². The largest absolute Gasteiger partial charge is 0.376 e. The first-order chi connectivity index (χ1) is 20.0. The van der Waals surface area contributed by atoms with E-state index in [0.717, 1.165) is 22.1 Å². The Morgan fingerprint density at radius 3 is 2.20 bits per heavy atom. The van der Waals surface area contributed by atoms with Crippen LogP contribution in [0.15, 0.2) is 98.5 Å². The first-order valence-electron chi connectivity index (χ1n) is 13.8. The number of aryl methyl sites for hydroxylation is 1. The molecule has 0 saturated carbocycles. The minimum Gasteiger partial charge on any atom is -0.376 e. The molecule has 1 fully saturated rings. The van der Waals surface area contributed by atoms with Gasteiger partial charge < -0.3 is 24.1 Å². The molecule has 5 nitrogen and oxygen atoms in total. The number of thioether (sulfide) groups is 1. The molecular formula is C34H40O5S2. The monoisotopic (exact) mass is 592 g/mol. The molecule has 1 aliphatic rings. The van der Waals surface area contributed by atoms with Crippen LogP contribution >= 0.6 is 23.1 Å². The zero-order valence-electron chi connectivity index (χ0n) is 23.7. The minimum absolute atomic E-state index is 0.244. The lowest BCUT2D eigenvalue weighted by molar-refractivity contribution is -0.179. The lowest BCUT2D eigenvalue weighted by Crippen LogP contribution is -2.61. The summed E-state index contributed by atoms with van der Waals surface area (Å²) in [6.45, 7) is 18.9. The van der Waals surface area contributed by atoms with E-state index in [9.17, 15) is 5.11 Å². The van der Waals surface area contributed by atoms with Gasteiger partial charge >= 0.3 is 0 Å². The Bertz CT molecular complexity index is 1320. The molecular weight excluding hydrogens is 553 g/mol. The van der Waals surface area contributed by atoms with Gasteiger partial charge in [0.25, 0.3) is 0 Å². The van der Waals surface area contributed by atoms with Crippen LogP contribution in [0.2, 0.25) is 0 Å². The van der Waals surface area contributed by atoms with E-state index in [2.05, 4.69) is 81.1 Å². The fourth-order valence-electron chi connectivity index (χ4n) is 5.17. The summed E-state index contributed by atoms with van der Waals surface area (Å²) < 4.78 is 26.0. The number of benzene rings is 2. The second-order valence-electron chi connectivity index (χ2n) is 10.0. The maximum absolute atomic E-state index is 12.7. The highest BCUT2D eigenvalue weighted by atomic mass is 32.2. The molecule has 1 saturated heterocycles. The van der Waals surface area contributed by atoms with Crippen LogP contribution in [-0.2, 0) is 30.3 Å². The van der Waals surface area contributed by atoms with Crippen LogP contribution in [0.5, 0.6) is 0 Å². The fourth-order valence-corrected chi connectivity index (χ4v) is 8.01. The topological polar surface area (TPSA) is 57.2 Å². The van der Waals surface area contributed by atoms with Crippen LogP contribution in [-0.4, -0.2) is 61.7 Å². The van der Waals surface area contributed by atoms with Gasteiger partial charge in [0.05, 0.1) is 38.3 Å². The van der Waals surface area contributed by atoms with E-state index in [-0.39, 0.29) is 18.5 Å². The molecule has 1 unspecified atom stereocenters. The standard InChI is InChI=1S/C34H40O5S2/c1-6-17-36-22-29-30(37-18-7-2)31(38-19-8-3)33(39-20-9-4)34(35,41-29)28-23-40-32-26(11-10-12-27(28)32)21-25-15-13-24(5)14-16-25/h6-16,23,29-31,33,35H,1-4,17-22H2,5H3/t29-,30-,31+,33-,34?/m1/s1. The van der Waals surface area contributed by atoms with Gasteiger partial charge in [-0.25, -0.2) is 0 Å². The molecule has 1 aliphatic heterocycles. The molecule has 0 spiro atoms. The maximum Gasteiger partial charge on any atom is 0.166 e. The zero-order valence-corrected chi connectivity index (χ0v) is 25.3. The molecule has 0 radical (unpaired) electrons. The third-order valence-electron chi connectivity index (χ3n) is 7.01. The highest BCUT2D eigenvalue weighted by Gasteiger charge is 2.57. The highest BCUT2D eigenvalue weighted by molar-refractivity contribution is 8.00. The quantitative estimate of drug-likeness (QED) is 0.143. The van der Waals surface area contributed by atoms with Crippen molar-refractivity contribution in [1.29, 1.82) is 0 Å². The van der Waals surface area contributed by atoms with E-state index in [4.69, 9.17) is 18.9 Å². The molecule has 2 aromatic carbocycles. The van der Waals surface area contributed by atoms with Gasteiger partial charge in [-0.05, 0) is 35.2 Å². The van der Waals surface area contributed by atoms with Crippen molar-refractivity contribution in [2.24, 2.45) is 0 Å². The molecule has 5 atom stereocenters. The van der Waals surface area contributed by atoms with Gasteiger partial charge in [-0.15, -0.1) is 49.4 Å². The highest BCUT2D eigenvalue weighted by Crippen LogP contribution is 2.52. The van der Waals surface area contributed by atoms with Crippen LogP contribution < -0.4 is 0 Å². The molecule has 1 aromatic heterocycles. The van der Waals surface area contributed by atoms with E-state index >= 15 is 0 Å². The summed E-state index contributed by atoms with van der Waals surface area (Å²) in [5.74, 6) is 0. The van der Waals surface area contributed by atoms with Gasteiger partial charge in [0, 0.05) is 10.3 Å². The van der Waals surface area contributed by atoms with Crippen molar-refractivity contribution in [3.05, 3.63) is 121 Å². The molecule has 41 heavy (non-hydrogen) atoms. The lowest BCUT2D eigenvalue weighted by Gasteiger charge is -2.50. The number of aliphatic hydroxyl groups is 1. The molecule has 218 valence electrons. The van der Waals surface area contributed by atoms with Gasteiger partial charge in [-0.3, -0.25) is 0 Å². The summed E-state index contributed by atoms with van der Waals surface area (Å²) in [5, 5.41) is 15.5. The second kappa shape index (κ2) is 15.1. The van der Waals surface area contributed by atoms with Gasteiger partial charge in [-0.2, -0.15) is 0 Å². The van der Waals surface area contributed by atoms with E-state index in [1.807, 2.05) is 0 Å². The summed E-state index contributed by atoms with van der Waals surface area (Å²) in [6.07, 6.45) is 5.80. The van der Waals surface area contributed by atoms with Crippen molar-refractivity contribution < 1.29 is 24.1 Å². The SMILES string of the molecule is C=CCOC[C@H]1SC(O)(c2csc3c(Cc4ccc(C)cc4)cccc23)[C@H](OCC=C)[C@@H](OCC=C)[C@@H]1OCC=C. The number of hydrogen-bond donors (Lipinski definition) is 1. The molecule has 7 heteroatoms. The van der Waals surface area contributed by atoms with Crippen LogP contribution in [0, 0.1) is 6.92 Å². The van der Waals surface area contributed by atoms with Crippen molar-refractivity contribution >= 4 is 33.2 Å². The van der Waals surface area contributed by atoms with E-state index < -0.39 is 23.2 Å². The van der Waals surface area contributed by atoms with Crippen LogP contribution in [0.1, 0.15) is 22.3 Å². The predicted octanol–water partition coefficient (Wildman–Crippen LogP) is 6.98. The molecule has 4 rings (SSSR count). The number of rotatable bonds is 16. The summed E-state index contributed by atoms with van der Waals surface area (Å²) in [4.78, 5) is -1.45. The Balaban J connectivity index is 1.79. The molecule has 0 amide bonds. The number of ether oxygens (including phenoxy) is 4. The average Bonchev–Trinajstić information content (AvgIpc) is 3.42. The van der Waals surface area contributed by atoms with Gasteiger partial charge in [0.2, 0.25) is 0 Å². The Hall–Kier alpha value is -2.49. The molecule has 3 aromatic rings. The number of fused-ring (bicyclic) bond motifs is 1. The third kappa shape index (κ3) is 7.30. The molecule has 0 bridgehead atoms. The third-order valence-corrected chi connectivity index (χ3v) is 9.60. The molecule has 1 N–H and O–H groups in total. The minimum atomic E-state index is -1.45. The van der Waals surface area contributed by atoms with Gasteiger partial charge in [-0.1, -0.05) is 72.3 Å². The smallest absolute Gasteiger partial charge is 0.166 e. The summed E-state index contributed by atoms with van der Waals surface area (Å²) >= 11 is 3.04. The van der Waals surface area contributed by atoms with Crippen LogP contribution in [0.4, 0.5) is 0 Å². The van der Waals surface area contributed by atoms with E-state index in [1.165, 1.54) is 28.5 Å². The Morgan fingerprint density at radius 1 is 0.854 bits per heavy atom. The molecule has 2 heterocycles. The van der Waals surface area contributed by atoms with Gasteiger partial charge in [0.15, 0.2) is 4.93 Å². The summed E-state index contributed by atoms with van der Waals surface area (Å²) in [7, 11) is 0. The normalized spacial score (nSPS) is 24.2. The van der Waals surface area contributed by atoms with Crippen molar-refractivity contribution in [3.8, 4) is 0 Å². The van der Waals surface area contributed by atoms with Gasteiger partial charge in [0.1, 0.15) is 18.3 Å². The summed E-state index contributed by atoms with van der Waals surface area (Å²) in [6, 6.07) is 14.9. The maximum atomic E-state index is 12.7. The predicted molar refractivity (Wildman–Crippen MR) is 172 cm³/mol. The second-order valence-corrected chi connectivity index (χ2v) is 12.3. The van der Waals surface area contributed by atoms with E-state index in [0.29, 0.717) is 19.8 Å². The van der Waals surface area contributed by atoms with Crippen molar-refractivity contribution in [2.45, 2.75) is 41.8 Å². The Labute approximate surface area is 252 Å². The van der Waals surface area contributed by atoms with Crippen LogP contribution in [0.25, 0.3) is 10.1 Å². The van der Waals surface area contributed by atoms with Crippen molar-refractivity contribution in [3.63, 3.8) is 0 Å². The fraction of sp³-hybridized carbons (Fsp3) is 0.353. The number of thiophene rings is 1. The van der Waals surface area contributed by atoms with Crippen molar-refractivity contribution in [2.75, 3.05) is 33.0 Å². The number of hydrogen-bond acceptors (Lipinski definition) is 7. The first-order valence-corrected chi connectivity index (χ1v) is 15.5. The average molecular weight is 593 g/mol. The lowest BCUT2D eigenvalue weighted by atomic mass is 9.92. The molecule has 0 aliphatic carbocycles. The zero-order chi connectivity index (χ0) is 29.2. The van der Waals surface area contributed by atoms with Crippen LogP contribution in [0.3, 0.4) is 0 Å². The Morgan fingerprint density at radius 2 is 1.51 bits per heavy atom.